The number of ether oxygens (including phenoxy) is 1. The molecule has 1 saturated carbocycles. The lowest BCUT2D eigenvalue weighted by molar-refractivity contribution is -0.138. The average Bonchev–Trinajstić information content (AvgIpc) is 2.46. The summed E-state index contributed by atoms with van der Waals surface area (Å²) in [5.74, 6) is -0.0626. The van der Waals surface area contributed by atoms with Crippen LogP contribution in [0.3, 0.4) is 0 Å². The van der Waals surface area contributed by atoms with Gasteiger partial charge in [0.15, 0.2) is 0 Å². The third-order valence-corrected chi connectivity index (χ3v) is 4.30. The number of hydrogen-bond donors (Lipinski definition) is 1. The standard InChI is InChI=1S/C15H20F3NO/c1-20-13-11(6-5-7-12(13)15(16,17)18)14(10-19)8-3-2-4-9-14/h5-7H,2-4,8-10,19H2,1H3. The molecule has 1 aliphatic carbocycles. The van der Waals surface area contributed by atoms with Crippen molar-refractivity contribution in [2.24, 2.45) is 5.73 Å². The molecule has 1 aromatic carbocycles. The molecule has 0 bridgehead atoms. The van der Waals surface area contributed by atoms with Crippen molar-refractivity contribution in [3.8, 4) is 5.75 Å². The van der Waals surface area contributed by atoms with Gasteiger partial charge in [0.1, 0.15) is 5.75 Å². The maximum absolute atomic E-state index is 13.1. The molecule has 0 heterocycles. The van der Waals surface area contributed by atoms with Gasteiger partial charge in [-0.05, 0) is 18.9 Å². The highest BCUT2D eigenvalue weighted by Crippen LogP contribution is 2.46. The van der Waals surface area contributed by atoms with Gasteiger partial charge in [0.2, 0.25) is 0 Å². The second kappa shape index (κ2) is 5.64. The summed E-state index contributed by atoms with van der Waals surface area (Å²) in [5.41, 5.74) is 5.43. The first-order valence-corrected chi connectivity index (χ1v) is 6.89. The van der Waals surface area contributed by atoms with E-state index in [0.717, 1.165) is 38.2 Å². The Hall–Kier alpha value is -1.23. The van der Waals surface area contributed by atoms with Crippen molar-refractivity contribution in [1.29, 1.82) is 0 Å². The van der Waals surface area contributed by atoms with Gasteiger partial charge in [-0.15, -0.1) is 0 Å². The SMILES string of the molecule is COc1c(C(F)(F)F)cccc1C1(CN)CCCCC1. The van der Waals surface area contributed by atoms with E-state index in [-0.39, 0.29) is 11.2 Å². The van der Waals surface area contributed by atoms with Crippen LogP contribution in [0.4, 0.5) is 13.2 Å². The van der Waals surface area contributed by atoms with E-state index < -0.39 is 11.7 Å². The molecule has 0 amide bonds. The highest BCUT2D eigenvalue weighted by molar-refractivity contribution is 5.47. The molecule has 0 aromatic heterocycles. The molecule has 1 fully saturated rings. The fourth-order valence-electron chi connectivity index (χ4n) is 3.21. The van der Waals surface area contributed by atoms with Gasteiger partial charge in [0, 0.05) is 17.5 Å². The Labute approximate surface area is 117 Å². The van der Waals surface area contributed by atoms with E-state index in [4.69, 9.17) is 10.5 Å². The van der Waals surface area contributed by atoms with E-state index in [2.05, 4.69) is 0 Å². The van der Waals surface area contributed by atoms with Gasteiger partial charge in [-0.25, -0.2) is 0 Å². The van der Waals surface area contributed by atoms with Crippen LogP contribution in [0, 0.1) is 0 Å². The van der Waals surface area contributed by atoms with Crippen LogP contribution in [0.15, 0.2) is 18.2 Å². The third-order valence-electron chi connectivity index (χ3n) is 4.30. The smallest absolute Gasteiger partial charge is 0.419 e. The van der Waals surface area contributed by atoms with Gasteiger partial charge in [-0.3, -0.25) is 0 Å². The largest absolute Gasteiger partial charge is 0.496 e. The monoisotopic (exact) mass is 287 g/mol. The zero-order valence-electron chi connectivity index (χ0n) is 11.6. The Morgan fingerprint density at radius 2 is 1.85 bits per heavy atom. The lowest BCUT2D eigenvalue weighted by atomic mass is 9.69. The summed E-state index contributed by atoms with van der Waals surface area (Å²) in [5, 5.41) is 0. The molecule has 0 saturated heterocycles. The van der Waals surface area contributed by atoms with Gasteiger partial charge in [-0.2, -0.15) is 13.2 Å². The van der Waals surface area contributed by atoms with Crippen LogP contribution in [0.2, 0.25) is 0 Å². The van der Waals surface area contributed by atoms with Crippen LogP contribution in [0.5, 0.6) is 5.75 Å². The Bertz CT molecular complexity index is 465. The molecule has 2 nitrogen and oxygen atoms in total. The van der Waals surface area contributed by atoms with Gasteiger partial charge in [0.05, 0.1) is 12.7 Å². The summed E-state index contributed by atoms with van der Waals surface area (Å²) >= 11 is 0. The minimum atomic E-state index is -4.41. The summed E-state index contributed by atoms with van der Waals surface area (Å²) in [7, 11) is 1.29. The third kappa shape index (κ3) is 2.64. The lowest BCUT2D eigenvalue weighted by Crippen LogP contribution is -2.37. The number of benzene rings is 1. The fourth-order valence-corrected chi connectivity index (χ4v) is 3.21. The number of methoxy groups -OCH3 is 1. The van der Waals surface area contributed by atoms with Gasteiger partial charge in [0.25, 0.3) is 0 Å². The van der Waals surface area contributed by atoms with Crippen molar-refractivity contribution in [2.75, 3.05) is 13.7 Å². The van der Waals surface area contributed by atoms with Crippen molar-refractivity contribution in [1.82, 2.24) is 0 Å². The van der Waals surface area contributed by atoms with Crippen LogP contribution in [0.1, 0.15) is 43.2 Å². The average molecular weight is 287 g/mol. The minimum absolute atomic E-state index is 0.0626. The fraction of sp³-hybridized carbons (Fsp3) is 0.600. The summed E-state index contributed by atoms with van der Waals surface area (Å²) in [6, 6.07) is 4.24. The molecule has 0 spiro atoms. The molecule has 1 aromatic rings. The highest BCUT2D eigenvalue weighted by Gasteiger charge is 2.40. The Kier molecular flexibility index (Phi) is 4.28. The van der Waals surface area contributed by atoms with Gasteiger partial charge < -0.3 is 10.5 Å². The van der Waals surface area contributed by atoms with Crippen molar-refractivity contribution in [2.45, 2.75) is 43.7 Å². The Morgan fingerprint density at radius 1 is 1.20 bits per heavy atom. The van der Waals surface area contributed by atoms with E-state index in [0.29, 0.717) is 12.1 Å². The summed E-state index contributed by atoms with van der Waals surface area (Å²) in [6.45, 7) is 0.352. The number of rotatable bonds is 3. The zero-order valence-corrected chi connectivity index (χ0v) is 11.6. The topological polar surface area (TPSA) is 35.2 Å². The van der Waals surface area contributed by atoms with Crippen molar-refractivity contribution in [3.05, 3.63) is 29.3 Å². The van der Waals surface area contributed by atoms with Crippen LogP contribution in [-0.4, -0.2) is 13.7 Å². The zero-order chi connectivity index (χ0) is 14.8. The van der Waals surface area contributed by atoms with Crippen LogP contribution < -0.4 is 10.5 Å². The number of para-hydroxylation sites is 1. The molecule has 112 valence electrons. The molecule has 0 unspecified atom stereocenters. The number of hydrogen-bond acceptors (Lipinski definition) is 2. The predicted octanol–water partition coefficient (Wildman–Crippen LogP) is 3.87. The van der Waals surface area contributed by atoms with E-state index >= 15 is 0 Å². The molecule has 5 heteroatoms. The van der Waals surface area contributed by atoms with Crippen LogP contribution in [0.25, 0.3) is 0 Å². The first-order valence-electron chi connectivity index (χ1n) is 6.89. The normalized spacial score (nSPS) is 18.9. The maximum Gasteiger partial charge on any atom is 0.419 e. The predicted molar refractivity (Wildman–Crippen MR) is 71.8 cm³/mol. The molecular weight excluding hydrogens is 267 g/mol. The van der Waals surface area contributed by atoms with Gasteiger partial charge >= 0.3 is 6.18 Å². The molecule has 0 atom stereocenters. The van der Waals surface area contributed by atoms with Gasteiger partial charge in [-0.1, -0.05) is 31.4 Å². The molecule has 1 aliphatic rings. The van der Waals surface area contributed by atoms with Crippen molar-refractivity contribution in [3.63, 3.8) is 0 Å². The van der Waals surface area contributed by atoms with Crippen LogP contribution in [-0.2, 0) is 11.6 Å². The van der Waals surface area contributed by atoms with E-state index in [1.165, 1.54) is 13.2 Å². The highest BCUT2D eigenvalue weighted by atomic mass is 19.4. The summed E-state index contributed by atoms with van der Waals surface area (Å²) < 4.78 is 44.4. The first-order chi connectivity index (χ1) is 9.44. The molecular formula is C15H20F3NO. The first kappa shape index (κ1) is 15.2. The molecule has 2 rings (SSSR count). The van der Waals surface area contributed by atoms with Crippen molar-refractivity contribution < 1.29 is 17.9 Å². The quantitative estimate of drug-likeness (QED) is 0.915. The second-order valence-electron chi connectivity index (χ2n) is 5.43. The van der Waals surface area contributed by atoms with Crippen molar-refractivity contribution >= 4 is 0 Å². The maximum atomic E-state index is 13.1. The van der Waals surface area contributed by atoms with Crippen LogP contribution >= 0.6 is 0 Å². The lowest BCUT2D eigenvalue weighted by Gasteiger charge is -2.38. The molecule has 20 heavy (non-hydrogen) atoms. The Balaban J connectivity index is 2.55. The van der Waals surface area contributed by atoms with E-state index in [9.17, 15) is 13.2 Å². The Morgan fingerprint density at radius 3 is 2.35 bits per heavy atom. The number of nitrogens with two attached hydrogens (primary N) is 1. The second-order valence-corrected chi connectivity index (χ2v) is 5.43. The summed E-state index contributed by atoms with van der Waals surface area (Å²) in [4.78, 5) is 0. The van der Waals surface area contributed by atoms with E-state index in [1.54, 1.807) is 6.07 Å². The number of halogens is 3. The van der Waals surface area contributed by atoms with E-state index in [1.807, 2.05) is 0 Å². The minimum Gasteiger partial charge on any atom is -0.496 e. The number of alkyl halides is 3. The summed E-state index contributed by atoms with van der Waals surface area (Å²) in [6.07, 6.45) is 0.338. The molecule has 2 N–H and O–H groups in total. The molecule has 0 radical (unpaired) electrons. The molecule has 0 aliphatic heterocycles.